The third-order valence-corrected chi connectivity index (χ3v) is 13.9. The molecule has 0 unspecified atom stereocenters. The van der Waals surface area contributed by atoms with Crippen LogP contribution in [0.1, 0.15) is 22.3 Å². The lowest BCUT2D eigenvalue weighted by atomic mass is 9.79. The molecule has 4 aliphatic heterocycles. The minimum absolute atomic E-state index is 0.00425. The van der Waals surface area contributed by atoms with Gasteiger partial charge < -0.3 is 10.0 Å². The molecule has 0 amide bonds. The fourth-order valence-corrected chi connectivity index (χ4v) is 9.37. The van der Waals surface area contributed by atoms with E-state index >= 15 is 8.78 Å². The number of hydrogen-bond acceptors (Lipinski definition) is 24. The van der Waals surface area contributed by atoms with Gasteiger partial charge in [0.25, 0.3) is 0 Å². The first-order valence-corrected chi connectivity index (χ1v) is 27.0. The number of benzene rings is 6. The van der Waals surface area contributed by atoms with Gasteiger partial charge in [-0.25, -0.2) is 104 Å². The molecule has 0 aliphatic carbocycles. The van der Waals surface area contributed by atoms with Crippen molar-refractivity contribution in [1.82, 2.24) is 29.9 Å². The highest BCUT2D eigenvalue weighted by atomic mass is 35.5. The summed E-state index contributed by atoms with van der Waals surface area (Å²) in [5.74, 6) is -26.8. The van der Waals surface area contributed by atoms with E-state index in [1.807, 2.05) is 24.3 Å². The molecule has 0 bridgehead atoms. The van der Waals surface area contributed by atoms with Crippen molar-refractivity contribution in [2.45, 2.75) is 0 Å². The highest BCUT2D eigenvalue weighted by Crippen LogP contribution is 2.34. The zero-order chi connectivity index (χ0) is 73.9. The second kappa shape index (κ2) is 27.8. The third-order valence-electron chi connectivity index (χ3n) is 13.7. The van der Waals surface area contributed by atoms with Crippen LogP contribution < -0.4 is 48.3 Å². The van der Waals surface area contributed by atoms with Gasteiger partial charge in [0, 0.05) is 22.3 Å². The van der Waals surface area contributed by atoms with E-state index < -0.39 is 105 Å². The van der Waals surface area contributed by atoms with Gasteiger partial charge in [0.15, 0.2) is 104 Å². The van der Waals surface area contributed by atoms with Gasteiger partial charge in [-0.05, 0) is 60.1 Å². The monoisotopic (exact) mass is 1390 g/mol. The lowest BCUT2D eigenvalue weighted by Gasteiger charge is -2.12. The Kier molecular flexibility index (Phi) is 18.8. The molecule has 4 aliphatic rings. The van der Waals surface area contributed by atoms with E-state index in [1.165, 1.54) is 48.5 Å². The minimum atomic E-state index is -2.76. The second-order valence-electron chi connectivity index (χ2n) is 19.2. The Morgan fingerprint density at radius 2 is 0.608 bits per heavy atom. The number of nitriles is 8. The largest absolute Gasteiger partial charge is 0.564 e. The van der Waals surface area contributed by atoms with Crippen molar-refractivity contribution >= 4 is 24.2 Å². The Hall–Kier alpha value is -15.8. The molecule has 2 N–H and O–H groups in total. The Morgan fingerprint density at radius 3 is 0.882 bits per heavy atom. The number of allylic oxidation sites excluding steroid dienone is 2. The van der Waals surface area contributed by atoms with Gasteiger partial charge in [-0.3, -0.25) is 0 Å². The summed E-state index contributed by atoms with van der Waals surface area (Å²) in [6.07, 6.45) is 0. The molecule has 102 heavy (non-hydrogen) atoms. The normalized spacial score (nSPS) is 11.6. The van der Waals surface area contributed by atoms with Gasteiger partial charge >= 0.3 is 18.8 Å². The summed E-state index contributed by atoms with van der Waals surface area (Å²) in [6.45, 7) is 28.6. The van der Waals surface area contributed by atoms with Crippen LogP contribution in [0, 0.1) is 175 Å². The smallest absolute Gasteiger partial charge is 0.423 e. The summed E-state index contributed by atoms with van der Waals surface area (Å²) in [5, 5.41) is 93.9. The SMILES string of the molecule is OB(O)c1c(F)c(F)c(F)c(F)c1F.[C-]#[N+]C([N+]#[C-])=C1N=c2ccc(-c3nc(-c4ccc5c(c4C#N)=NC(=C(C#N)C#N)N=5)nc(-c4c(F)c(F)c(F)c(F)c4F)n3)c(C#N)c2=N1.[C-]#[N+]C([N+]#[C-])=C1N=c2ccc(-c3nc(Cl)nc(-c4ccc5c(c4C#N)=NC(=C(C#N)C#N)N=5)n3)c(C#N)c2=N1. The number of nitrogens with zero attached hydrogens (tertiary/aromatic N) is 26. The van der Waals surface area contributed by atoms with E-state index in [-0.39, 0.29) is 134 Å². The summed E-state index contributed by atoms with van der Waals surface area (Å²) in [4.78, 5) is 70.1. The molecule has 0 spiro atoms. The number of fused-ring (bicyclic) bond motifs is 4. The van der Waals surface area contributed by atoms with Crippen LogP contribution in [-0.2, 0) is 0 Å². The van der Waals surface area contributed by atoms with Gasteiger partial charge in [-0.2, -0.15) is 71.4 Å². The fourth-order valence-electron chi connectivity index (χ4n) is 9.21. The number of aromatic nitrogens is 6. The van der Waals surface area contributed by atoms with Gasteiger partial charge in [0.2, 0.25) is 22.7 Å². The lowest BCUT2D eigenvalue weighted by Crippen LogP contribution is -2.38. The van der Waals surface area contributed by atoms with E-state index in [0.717, 1.165) is 0 Å². The summed E-state index contributed by atoms with van der Waals surface area (Å²) < 4.78 is 135. The van der Waals surface area contributed by atoms with E-state index in [4.69, 9.17) is 58.5 Å². The maximum Gasteiger partial charge on any atom is 0.564 e. The fraction of sp³-hybridized carbons (Fsp3) is 0. The predicted molar refractivity (Wildman–Crippen MR) is 313 cm³/mol. The maximum atomic E-state index is 15.1. The molecule has 6 heterocycles. The molecule has 0 saturated carbocycles. The Morgan fingerprint density at radius 1 is 0.353 bits per heavy atom. The summed E-state index contributed by atoms with van der Waals surface area (Å²) in [6, 6.07) is 25.6. The van der Waals surface area contributed by atoms with Crippen LogP contribution in [-0.4, -0.2) is 47.1 Å². The maximum absolute atomic E-state index is 15.1. The average molecular weight is 1390 g/mol. The minimum Gasteiger partial charge on any atom is -0.423 e. The third kappa shape index (κ3) is 12.0. The van der Waals surface area contributed by atoms with E-state index in [9.17, 15) is 66.7 Å². The number of rotatable bonds is 6. The second-order valence-corrected chi connectivity index (χ2v) is 19.5. The lowest BCUT2D eigenvalue weighted by molar-refractivity contribution is 0.373. The first kappa shape index (κ1) is 69.0. The summed E-state index contributed by atoms with van der Waals surface area (Å²) in [5.41, 5.74) is -4.55. The molecule has 2 aromatic heterocycles. The summed E-state index contributed by atoms with van der Waals surface area (Å²) in [7, 11) is -2.76. The van der Waals surface area contributed by atoms with E-state index in [0.29, 0.717) is 5.36 Å². The van der Waals surface area contributed by atoms with E-state index in [1.54, 1.807) is 24.3 Å². The van der Waals surface area contributed by atoms with Crippen LogP contribution in [0.3, 0.4) is 0 Å². The number of hydrogen-bond donors (Lipinski definition) is 2. The molecular formula is C62H10BClF10N26O2. The van der Waals surface area contributed by atoms with Crippen LogP contribution in [0.5, 0.6) is 0 Å². The van der Waals surface area contributed by atoms with Crippen molar-refractivity contribution < 1.29 is 54.0 Å². The standard InChI is InChI=1S/C31H4F5N13.C25H4ClN13.C6H2BF5O2/c1-41-30(42-2)31-44-17-6-4-13(15(10-40)25(17)46-31)28-47-27(48-29(49-28)18-19(32)21(34)23(36)22(35)20(18)33)12-3-5-16-24(14(12)9-39)45-26(43-16)11(7-37)8-38;1-31-23(32-2)24-34-17-6-4-13(15(10-30)19(17)36-24)22-37-21(38-25(26)39-22)12-3-5-16-18(14(12)9-29)35-20(33-16)11(7-27)8-28;8-2-1(7(13)14)3(9)5(11)6(12)4(2)10/h3-6H;3-6H;13-14H. The molecule has 12 rings (SSSR count). The zero-order valence-corrected chi connectivity index (χ0v) is 49.6. The Labute approximate surface area is 562 Å². The van der Waals surface area contributed by atoms with Crippen molar-refractivity contribution in [3.63, 3.8) is 0 Å². The molecule has 8 aromatic rings. The Balaban J connectivity index is 0.000000188. The van der Waals surface area contributed by atoms with Crippen LogP contribution >= 0.6 is 11.6 Å². The Bertz CT molecular complexity index is 6140. The van der Waals surface area contributed by atoms with Gasteiger partial charge in [-0.15, -0.1) is 0 Å². The topological polar surface area (TPSA) is 424 Å². The highest BCUT2D eigenvalue weighted by molar-refractivity contribution is 6.58. The molecule has 0 atom stereocenters. The van der Waals surface area contributed by atoms with Crippen LogP contribution in [0.15, 0.2) is 135 Å². The molecule has 480 valence electrons. The van der Waals surface area contributed by atoms with Crippen molar-refractivity contribution in [2.24, 2.45) is 39.9 Å². The summed E-state index contributed by atoms with van der Waals surface area (Å²) >= 11 is 6.21. The van der Waals surface area contributed by atoms with Gasteiger partial charge in [0.1, 0.15) is 96.3 Å². The molecule has 40 heteroatoms. The van der Waals surface area contributed by atoms with Crippen molar-refractivity contribution in [1.29, 1.82) is 42.1 Å². The van der Waals surface area contributed by atoms with Gasteiger partial charge in [0.05, 0.1) is 54.7 Å². The zero-order valence-electron chi connectivity index (χ0n) is 48.9. The quantitative estimate of drug-likeness (QED) is 0.0580. The highest BCUT2D eigenvalue weighted by Gasteiger charge is 2.34. The first-order chi connectivity index (χ1) is 48.9. The molecule has 0 fully saturated rings. The predicted octanol–water partition coefficient (Wildman–Crippen LogP) is 4.43. The first-order valence-electron chi connectivity index (χ1n) is 26.6. The van der Waals surface area contributed by atoms with Gasteiger partial charge in [-0.1, -0.05) is 0 Å². The molecule has 0 saturated heterocycles. The van der Waals surface area contributed by atoms with Crippen LogP contribution in [0.4, 0.5) is 43.9 Å². The molecule has 6 aromatic carbocycles. The number of halogens is 11. The van der Waals surface area contributed by atoms with E-state index in [2.05, 4.69) is 89.2 Å². The molecule has 28 nitrogen and oxygen atoms in total. The van der Waals surface area contributed by atoms with Crippen molar-refractivity contribution in [3.05, 3.63) is 269 Å². The van der Waals surface area contributed by atoms with Crippen LogP contribution in [0.2, 0.25) is 5.28 Å². The molecular weight excluding hydrogens is 1380 g/mol. The van der Waals surface area contributed by atoms with Crippen molar-refractivity contribution in [3.8, 4) is 105 Å². The van der Waals surface area contributed by atoms with Crippen molar-refractivity contribution in [2.75, 3.05) is 0 Å². The molecule has 0 radical (unpaired) electrons. The average Bonchev–Trinajstić information content (AvgIpc) is 1.20. The van der Waals surface area contributed by atoms with Crippen LogP contribution in [0.25, 0.3) is 76.3 Å².